The topological polar surface area (TPSA) is 93.6 Å². The maximum atomic E-state index is 12.3. The number of carbonyl (C=O) groups excluding carboxylic acids is 1. The average Bonchev–Trinajstić information content (AvgIpc) is 3.31. The molecular formula is C19H20N4O4. The van der Waals surface area contributed by atoms with Gasteiger partial charge in [-0.15, -0.1) is 0 Å². The lowest BCUT2D eigenvalue weighted by atomic mass is 10.0. The van der Waals surface area contributed by atoms with Crippen molar-refractivity contribution in [3.8, 4) is 17.3 Å². The van der Waals surface area contributed by atoms with Gasteiger partial charge in [0.25, 0.3) is 0 Å². The number of rotatable bonds is 7. The third-order valence-electron chi connectivity index (χ3n) is 4.32. The molecule has 8 heteroatoms. The highest BCUT2D eigenvalue weighted by Crippen LogP contribution is 2.28. The van der Waals surface area contributed by atoms with Gasteiger partial charge in [-0.05, 0) is 31.2 Å². The zero-order valence-corrected chi connectivity index (χ0v) is 14.9. The van der Waals surface area contributed by atoms with Crippen LogP contribution in [0.1, 0.15) is 18.7 Å². The van der Waals surface area contributed by atoms with Crippen LogP contribution in [0.2, 0.25) is 0 Å². The van der Waals surface area contributed by atoms with Gasteiger partial charge in [0.05, 0.1) is 31.0 Å². The lowest BCUT2D eigenvalue weighted by Gasteiger charge is -2.36. The van der Waals surface area contributed by atoms with E-state index in [-0.39, 0.29) is 11.8 Å². The molecule has 0 radical (unpaired) electrons. The Labute approximate surface area is 156 Å². The molecule has 1 amide bonds. The van der Waals surface area contributed by atoms with Crippen LogP contribution in [0, 0.1) is 0 Å². The van der Waals surface area contributed by atoms with Gasteiger partial charge in [-0.1, -0.05) is 17.3 Å². The molecule has 3 aromatic rings. The first-order valence-corrected chi connectivity index (χ1v) is 8.84. The summed E-state index contributed by atoms with van der Waals surface area (Å²) in [5, 5.41) is 6.84. The number of carbonyl (C=O) groups is 1. The minimum absolute atomic E-state index is 0.0811. The van der Waals surface area contributed by atoms with Gasteiger partial charge in [0, 0.05) is 13.1 Å². The first-order valence-electron chi connectivity index (χ1n) is 8.84. The van der Waals surface area contributed by atoms with Gasteiger partial charge in [-0.25, -0.2) is 0 Å². The van der Waals surface area contributed by atoms with Crippen LogP contribution in [0.3, 0.4) is 0 Å². The van der Waals surface area contributed by atoms with Crippen LogP contribution in [-0.4, -0.2) is 47.2 Å². The molecule has 2 aromatic heterocycles. The van der Waals surface area contributed by atoms with E-state index in [4.69, 9.17) is 13.7 Å². The smallest absolute Gasteiger partial charge is 0.238 e. The van der Waals surface area contributed by atoms with E-state index >= 15 is 0 Å². The molecule has 0 saturated carbocycles. The molecule has 0 atom stereocenters. The van der Waals surface area contributed by atoms with Crippen LogP contribution >= 0.6 is 0 Å². The van der Waals surface area contributed by atoms with Gasteiger partial charge in [0.15, 0.2) is 5.76 Å². The van der Waals surface area contributed by atoms with E-state index < -0.39 is 0 Å². The van der Waals surface area contributed by atoms with Crippen LogP contribution in [0.4, 0.5) is 5.69 Å². The highest BCUT2D eigenvalue weighted by Gasteiger charge is 2.34. The van der Waals surface area contributed by atoms with Crippen molar-refractivity contribution in [1.29, 1.82) is 0 Å². The van der Waals surface area contributed by atoms with E-state index in [2.05, 4.69) is 15.5 Å². The fourth-order valence-electron chi connectivity index (χ4n) is 3.01. The average molecular weight is 368 g/mol. The number of aromatic nitrogens is 2. The predicted molar refractivity (Wildman–Crippen MR) is 97.4 cm³/mol. The molecule has 4 rings (SSSR count). The van der Waals surface area contributed by atoms with Crippen molar-refractivity contribution >= 4 is 11.6 Å². The number of hydrogen-bond donors (Lipinski definition) is 1. The summed E-state index contributed by atoms with van der Waals surface area (Å²) in [6.07, 6.45) is 1.57. The van der Waals surface area contributed by atoms with Crippen LogP contribution < -0.4 is 10.1 Å². The van der Waals surface area contributed by atoms with Crippen molar-refractivity contribution in [1.82, 2.24) is 15.0 Å². The van der Waals surface area contributed by atoms with E-state index in [1.54, 1.807) is 18.4 Å². The van der Waals surface area contributed by atoms with Crippen molar-refractivity contribution in [3.05, 3.63) is 48.6 Å². The molecule has 1 N–H and O–H groups in total. The highest BCUT2D eigenvalue weighted by molar-refractivity contribution is 5.93. The summed E-state index contributed by atoms with van der Waals surface area (Å²) < 4.78 is 16.1. The second-order valence-corrected chi connectivity index (χ2v) is 6.30. The third kappa shape index (κ3) is 3.85. The minimum atomic E-state index is -0.0811. The van der Waals surface area contributed by atoms with Crippen molar-refractivity contribution in [3.63, 3.8) is 0 Å². The van der Waals surface area contributed by atoms with Crippen LogP contribution in [0.15, 0.2) is 51.6 Å². The summed E-state index contributed by atoms with van der Waals surface area (Å²) in [7, 11) is 0. The van der Waals surface area contributed by atoms with Crippen molar-refractivity contribution in [2.24, 2.45) is 0 Å². The molecule has 1 aliphatic rings. The second kappa shape index (κ2) is 7.63. The molecule has 1 aliphatic heterocycles. The van der Waals surface area contributed by atoms with Gasteiger partial charge >= 0.3 is 0 Å². The number of furan rings is 1. The standard InChI is InChI=1S/C19H20N4O4/c1-2-25-15-7-4-3-6-14(15)20-17(24)12-23-10-13(11-23)19-21-18(22-27-19)16-8-5-9-26-16/h3-9,13H,2,10-12H2,1H3,(H,20,24). The molecule has 0 bridgehead atoms. The van der Waals surface area contributed by atoms with E-state index in [1.165, 1.54) is 0 Å². The maximum absolute atomic E-state index is 12.3. The normalized spacial score (nSPS) is 14.7. The molecule has 140 valence electrons. The lowest BCUT2D eigenvalue weighted by Crippen LogP contribution is -2.48. The Bertz CT molecular complexity index is 900. The second-order valence-electron chi connectivity index (χ2n) is 6.30. The van der Waals surface area contributed by atoms with Crippen molar-refractivity contribution in [2.75, 3.05) is 31.6 Å². The number of nitrogens with zero attached hydrogens (tertiary/aromatic N) is 3. The first-order chi connectivity index (χ1) is 13.2. The molecule has 27 heavy (non-hydrogen) atoms. The molecule has 0 unspecified atom stereocenters. The Morgan fingerprint density at radius 2 is 2.15 bits per heavy atom. The van der Waals surface area contributed by atoms with E-state index in [0.717, 1.165) is 0 Å². The molecule has 0 aliphatic carbocycles. The molecule has 8 nitrogen and oxygen atoms in total. The SMILES string of the molecule is CCOc1ccccc1NC(=O)CN1CC(c2nc(-c3ccco3)no2)C1. The Balaban J connectivity index is 1.29. The number of likely N-dealkylation sites (tertiary alicyclic amines) is 1. The molecule has 3 heterocycles. The summed E-state index contributed by atoms with van der Waals surface area (Å²) in [5.41, 5.74) is 0.682. The van der Waals surface area contributed by atoms with Gasteiger partial charge < -0.3 is 19.0 Å². The largest absolute Gasteiger partial charge is 0.492 e. The molecule has 1 saturated heterocycles. The molecular weight excluding hydrogens is 348 g/mol. The number of amides is 1. The molecule has 1 fully saturated rings. The summed E-state index contributed by atoms with van der Waals surface area (Å²) >= 11 is 0. The predicted octanol–water partition coefficient (Wildman–Crippen LogP) is 2.77. The van der Waals surface area contributed by atoms with Crippen molar-refractivity contribution in [2.45, 2.75) is 12.8 Å². The zero-order chi connectivity index (χ0) is 18.6. The summed E-state index contributed by atoms with van der Waals surface area (Å²) in [4.78, 5) is 18.7. The number of para-hydroxylation sites is 2. The van der Waals surface area contributed by atoms with Gasteiger partial charge in [0.2, 0.25) is 17.6 Å². The minimum Gasteiger partial charge on any atom is -0.492 e. The quantitative estimate of drug-likeness (QED) is 0.685. The van der Waals surface area contributed by atoms with Gasteiger partial charge in [-0.3, -0.25) is 9.69 Å². The van der Waals surface area contributed by atoms with Gasteiger partial charge in [-0.2, -0.15) is 4.98 Å². The fraction of sp³-hybridized carbons (Fsp3) is 0.316. The fourth-order valence-corrected chi connectivity index (χ4v) is 3.01. The van der Waals surface area contributed by atoms with Crippen LogP contribution in [0.5, 0.6) is 5.75 Å². The molecule has 1 aromatic carbocycles. The van der Waals surface area contributed by atoms with E-state index in [0.29, 0.717) is 55.2 Å². The number of anilines is 1. The number of benzene rings is 1. The number of ether oxygens (including phenoxy) is 1. The summed E-state index contributed by atoms with van der Waals surface area (Å²) in [6.45, 7) is 4.15. The van der Waals surface area contributed by atoms with Crippen LogP contribution in [-0.2, 0) is 4.79 Å². The lowest BCUT2D eigenvalue weighted by molar-refractivity contribution is -0.118. The summed E-state index contributed by atoms with van der Waals surface area (Å²) in [5.74, 6) is 2.31. The third-order valence-corrected chi connectivity index (χ3v) is 4.32. The van der Waals surface area contributed by atoms with Crippen LogP contribution in [0.25, 0.3) is 11.6 Å². The number of nitrogens with one attached hydrogen (secondary N) is 1. The first kappa shape index (κ1) is 17.3. The zero-order valence-electron chi connectivity index (χ0n) is 14.9. The molecule has 0 spiro atoms. The Morgan fingerprint density at radius 1 is 1.30 bits per heavy atom. The van der Waals surface area contributed by atoms with Gasteiger partial charge in [0.1, 0.15) is 5.75 Å². The Kier molecular flexibility index (Phi) is 4.88. The Hall–Kier alpha value is -3.13. The Morgan fingerprint density at radius 3 is 2.93 bits per heavy atom. The van der Waals surface area contributed by atoms with Crippen molar-refractivity contribution < 1.29 is 18.5 Å². The maximum Gasteiger partial charge on any atom is 0.238 e. The summed E-state index contributed by atoms with van der Waals surface area (Å²) in [6, 6.07) is 11.0. The number of hydrogen-bond acceptors (Lipinski definition) is 7. The van der Waals surface area contributed by atoms with E-state index in [1.807, 2.05) is 36.1 Å². The highest BCUT2D eigenvalue weighted by atomic mass is 16.5. The van der Waals surface area contributed by atoms with E-state index in [9.17, 15) is 4.79 Å². The monoisotopic (exact) mass is 368 g/mol.